The highest BCUT2D eigenvalue weighted by Crippen LogP contribution is 2.24. The van der Waals surface area contributed by atoms with E-state index in [1.54, 1.807) is 12.1 Å². The maximum atomic E-state index is 12.1. The number of sulfonamides is 1. The van der Waals surface area contributed by atoms with Crippen LogP contribution in [0.4, 0.5) is 0 Å². The van der Waals surface area contributed by atoms with Gasteiger partial charge in [-0.2, -0.15) is 0 Å². The van der Waals surface area contributed by atoms with Crippen LogP contribution in [0, 0.1) is 0 Å². The molecule has 108 valence electrons. The zero-order valence-electron chi connectivity index (χ0n) is 11.1. The molecule has 0 heterocycles. The first-order valence-corrected chi connectivity index (χ1v) is 7.84. The van der Waals surface area contributed by atoms with Crippen molar-refractivity contribution in [2.75, 3.05) is 6.54 Å². The Kier molecular flexibility index (Phi) is 5.80. The summed E-state index contributed by atoms with van der Waals surface area (Å²) < 4.78 is 26.7. The van der Waals surface area contributed by atoms with E-state index in [4.69, 9.17) is 5.73 Å². The molecule has 1 aromatic carbocycles. The summed E-state index contributed by atoms with van der Waals surface area (Å²) in [6.07, 6.45) is 3.81. The van der Waals surface area contributed by atoms with Gasteiger partial charge in [-0.1, -0.05) is 6.07 Å². The van der Waals surface area contributed by atoms with Gasteiger partial charge >= 0.3 is 0 Å². The Morgan fingerprint density at radius 2 is 2.00 bits per heavy atom. The lowest BCUT2D eigenvalue weighted by Crippen LogP contribution is -2.29. The zero-order chi connectivity index (χ0) is 13.2. The average Bonchev–Trinajstić information content (AvgIpc) is 2.74. The van der Waals surface area contributed by atoms with Crippen LogP contribution in [-0.2, 0) is 22.9 Å². The highest BCUT2D eigenvalue weighted by molar-refractivity contribution is 7.89. The molecule has 1 aliphatic rings. The van der Waals surface area contributed by atoms with E-state index in [-0.39, 0.29) is 18.4 Å². The lowest BCUT2D eigenvalue weighted by Gasteiger charge is -2.09. The summed E-state index contributed by atoms with van der Waals surface area (Å²) in [6.45, 7) is 2.25. The van der Waals surface area contributed by atoms with Gasteiger partial charge in [0.2, 0.25) is 10.0 Å². The first-order chi connectivity index (χ1) is 8.49. The standard InChI is InChI=1S/C13H20N2O2S.ClH/c1-10(14)7-8-15-18(16,17)13-6-5-11-3-2-4-12(11)9-13;/h5-6,9-10,15H,2-4,7-8,14H2,1H3;1H. The number of aryl methyl sites for hydroxylation is 2. The average molecular weight is 305 g/mol. The molecule has 4 nitrogen and oxygen atoms in total. The molecule has 0 radical (unpaired) electrons. The van der Waals surface area contributed by atoms with Crippen molar-refractivity contribution in [3.63, 3.8) is 0 Å². The lowest BCUT2D eigenvalue weighted by molar-refractivity contribution is 0.571. The fourth-order valence-corrected chi connectivity index (χ4v) is 3.32. The molecular weight excluding hydrogens is 284 g/mol. The molecule has 0 bridgehead atoms. The predicted octanol–water partition coefficient (Wildman–Crippen LogP) is 1.61. The Labute approximate surface area is 121 Å². The number of nitrogens with two attached hydrogens (primary N) is 1. The lowest BCUT2D eigenvalue weighted by atomic mass is 10.1. The van der Waals surface area contributed by atoms with Crippen LogP contribution in [0.25, 0.3) is 0 Å². The molecular formula is C13H21ClN2O2S. The highest BCUT2D eigenvalue weighted by Gasteiger charge is 2.17. The molecule has 1 atom stereocenters. The van der Waals surface area contributed by atoms with Gasteiger partial charge in [0, 0.05) is 12.6 Å². The number of benzene rings is 1. The minimum absolute atomic E-state index is 0. The van der Waals surface area contributed by atoms with Gasteiger partial charge in [-0.25, -0.2) is 13.1 Å². The Morgan fingerprint density at radius 3 is 2.68 bits per heavy atom. The first kappa shape index (κ1) is 16.4. The van der Waals surface area contributed by atoms with Gasteiger partial charge < -0.3 is 5.73 Å². The predicted molar refractivity (Wildman–Crippen MR) is 79.2 cm³/mol. The van der Waals surface area contributed by atoms with E-state index >= 15 is 0 Å². The number of fused-ring (bicyclic) bond motifs is 1. The van der Waals surface area contributed by atoms with E-state index in [0.717, 1.165) is 19.3 Å². The van der Waals surface area contributed by atoms with Gasteiger partial charge in [-0.05, 0) is 55.9 Å². The molecule has 19 heavy (non-hydrogen) atoms. The van der Waals surface area contributed by atoms with E-state index in [2.05, 4.69) is 4.72 Å². The summed E-state index contributed by atoms with van der Waals surface area (Å²) in [7, 11) is -3.38. The van der Waals surface area contributed by atoms with Gasteiger partial charge in [0.05, 0.1) is 4.90 Å². The van der Waals surface area contributed by atoms with E-state index in [1.165, 1.54) is 11.1 Å². The Bertz CT molecular complexity index is 529. The Morgan fingerprint density at radius 1 is 1.32 bits per heavy atom. The fourth-order valence-electron chi connectivity index (χ4n) is 2.22. The molecule has 2 rings (SSSR count). The first-order valence-electron chi connectivity index (χ1n) is 6.36. The summed E-state index contributed by atoms with van der Waals surface area (Å²) in [5, 5.41) is 0. The van der Waals surface area contributed by atoms with E-state index in [9.17, 15) is 8.42 Å². The van der Waals surface area contributed by atoms with Crippen molar-refractivity contribution in [3.05, 3.63) is 29.3 Å². The molecule has 1 aliphatic carbocycles. The van der Waals surface area contributed by atoms with Crippen molar-refractivity contribution in [1.82, 2.24) is 4.72 Å². The molecule has 6 heteroatoms. The molecule has 0 saturated carbocycles. The smallest absolute Gasteiger partial charge is 0.240 e. The molecule has 0 aromatic heterocycles. The zero-order valence-corrected chi connectivity index (χ0v) is 12.7. The Balaban J connectivity index is 0.00000180. The fraction of sp³-hybridized carbons (Fsp3) is 0.538. The van der Waals surface area contributed by atoms with Crippen molar-refractivity contribution >= 4 is 22.4 Å². The molecule has 3 N–H and O–H groups in total. The third-order valence-electron chi connectivity index (χ3n) is 3.27. The molecule has 0 aliphatic heterocycles. The maximum Gasteiger partial charge on any atom is 0.240 e. The van der Waals surface area contributed by atoms with Crippen LogP contribution in [0.5, 0.6) is 0 Å². The second kappa shape index (κ2) is 6.70. The van der Waals surface area contributed by atoms with Crippen LogP contribution in [0.2, 0.25) is 0 Å². The van der Waals surface area contributed by atoms with Gasteiger partial charge in [0.25, 0.3) is 0 Å². The summed E-state index contributed by atoms with van der Waals surface area (Å²) >= 11 is 0. The second-order valence-electron chi connectivity index (χ2n) is 4.95. The summed E-state index contributed by atoms with van der Waals surface area (Å²) in [5.41, 5.74) is 8.05. The van der Waals surface area contributed by atoms with Crippen LogP contribution < -0.4 is 10.5 Å². The number of nitrogens with one attached hydrogen (secondary N) is 1. The number of rotatable bonds is 5. The van der Waals surface area contributed by atoms with Crippen molar-refractivity contribution < 1.29 is 8.42 Å². The third-order valence-corrected chi connectivity index (χ3v) is 4.73. The van der Waals surface area contributed by atoms with Gasteiger partial charge in [-0.3, -0.25) is 0 Å². The van der Waals surface area contributed by atoms with Crippen molar-refractivity contribution in [2.24, 2.45) is 5.73 Å². The van der Waals surface area contributed by atoms with Crippen molar-refractivity contribution in [1.29, 1.82) is 0 Å². The molecule has 0 spiro atoms. The van der Waals surface area contributed by atoms with Crippen LogP contribution in [0.3, 0.4) is 0 Å². The minimum atomic E-state index is -3.38. The summed E-state index contributed by atoms with van der Waals surface area (Å²) in [6, 6.07) is 5.44. The second-order valence-corrected chi connectivity index (χ2v) is 6.71. The van der Waals surface area contributed by atoms with Crippen molar-refractivity contribution in [2.45, 2.75) is 43.5 Å². The molecule has 0 saturated heterocycles. The number of hydrogen-bond donors (Lipinski definition) is 2. The van der Waals surface area contributed by atoms with E-state index < -0.39 is 10.0 Å². The largest absolute Gasteiger partial charge is 0.328 e. The summed E-state index contributed by atoms with van der Waals surface area (Å²) in [5.74, 6) is 0. The topological polar surface area (TPSA) is 72.2 Å². The van der Waals surface area contributed by atoms with Crippen LogP contribution in [0.1, 0.15) is 30.9 Å². The maximum absolute atomic E-state index is 12.1. The van der Waals surface area contributed by atoms with E-state index in [0.29, 0.717) is 17.9 Å². The van der Waals surface area contributed by atoms with Gasteiger partial charge in [0.1, 0.15) is 0 Å². The summed E-state index contributed by atoms with van der Waals surface area (Å²) in [4.78, 5) is 0.368. The van der Waals surface area contributed by atoms with Crippen LogP contribution >= 0.6 is 12.4 Å². The number of halogens is 1. The molecule has 0 amide bonds. The van der Waals surface area contributed by atoms with Crippen LogP contribution in [-0.4, -0.2) is 21.0 Å². The van der Waals surface area contributed by atoms with Crippen molar-refractivity contribution in [3.8, 4) is 0 Å². The minimum Gasteiger partial charge on any atom is -0.328 e. The molecule has 0 fully saturated rings. The quantitative estimate of drug-likeness (QED) is 0.868. The van der Waals surface area contributed by atoms with E-state index in [1.807, 2.05) is 13.0 Å². The molecule has 1 unspecified atom stereocenters. The molecule has 1 aromatic rings. The SMILES string of the molecule is CC(N)CCNS(=O)(=O)c1ccc2c(c1)CCC2.Cl. The normalized spacial score (nSPS) is 15.7. The highest BCUT2D eigenvalue weighted by atomic mass is 35.5. The van der Waals surface area contributed by atoms with Crippen LogP contribution in [0.15, 0.2) is 23.1 Å². The van der Waals surface area contributed by atoms with Gasteiger partial charge in [0.15, 0.2) is 0 Å². The Hall–Kier alpha value is -0.620. The van der Waals surface area contributed by atoms with Gasteiger partial charge in [-0.15, -0.1) is 12.4 Å². The monoisotopic (exact) mass is 304 g/mol. The number of hydrogen-bond acceptors (Lipinski definition) is 3. The third kappa shape index (κ3) is 4.18.